The van der Waals surface area contributed by atoms with Crippen molar-refractivity contribution in [3.05, 3.63) is 60.5 Å². The topological polar surface area (TPSA) is 122 Å². The molecule has 2 heterocycles. The van der Waals surface area contributed by atoms with Crippen LogP contribution >= 0.6 is 11.3 Å². The van der Waals surface area contributed by atoms with Crippen molar-refractivity contribution in [2.75, 3.05) is 17.1 Å². The van der Waals surface area contributed by atoms with Crippen LogP contribution in [0.5, 0.6) is 5.88 Å². The number of urea groups is 1. The summed E-state index contributed by atoms with van der Waals surface area (Å²) in [6.45, 7) is 0. The average Bonchev–Trinajstić information content (AvgIpc) is 3.54. The molecule has 0 bridgehead atoms. The Morgan fingerprint density at radius 3 is 2.60 bits per heavy atom. The normalized spacial score (nSPS) is 13.4. The van der Waals surface area contributed by atoms with Crippen LogP contribution in [0, 0.1) is 5.82 Å². The van der Waals surface area contributed by atoms with E-state index < -0.39 is 15.8 Å². The first-order valence-electron chi connectivity index (χ1n) is 10.6. The van der Waals surface area contributed by atoms with Crippen molar-refractivity contribution in [3.8, 4) is 17.0 Å². The summed E-state index contributed by atoms with van der Waals surface area (Å²) in [4.78, 5) is 20.6. The number of rotatable bonds is 7. The Kier molecular flexibility index (Phi) is 5.99. The number of thiazole rings is 1. The van der Waals surface area contributed by atoms with Gasteiger partial charge in [0, 0.05) is 17.8 Å². The highest BCUT2D eigenvalue weighted by Crippen LogP contribution is 2.34. The van der Waals surface area contributed by atoms with E-state index in [0.29, 0.717) is 10.7 Å². The van der Waals surface area contributed by atoms with E-state index in [2.05, 4.69) is 25.3 Å². The van der Waals surface area contributed by atoms with E-state index in [0.717, 1.165) is 40.8 Å². The van der Waals surface area contributed by atoms with Crippen LogP contribution in [-0.2, 0) is 10.0 Å². The van der Waals surface area contributed by atoms with Crippen LogP contribution in [0.15, 0.2) is 59.6 Å². The number of methoxy groups -OCH3 is 1. The maximum Gasteiger partial charge on any atom is 0.321 e. The second-order valence-corrected chi connectivity index (χ2v) is 10.6. The standard InChI is InChI=1S/C23H20FN5O4S2/c1-33-21-19(29-35(31,32)17-7-3-15(24)4-8-17)10-14(12-25-21)13-2-9-18-20(11-13)34-23(27-18)28-22(30)26-16-5-6-16/h2-4,7-12,16,29H,5-6H2,1H3,(H2,26,27,28,30). The van der Waals surface area contributed by atoms with Crippen LogP contribution < -0.4 is 20.1 Å². The molecule has 1 saturated carbocycles. The summed E-state index contributed by atoms with van der Waals surface area (Å²) < 4.78 is 47.4. The first-order chi connectivity index (χ1) is 16.8. The number of fused-ring (bicyclic) bond motifs is 1. The first kappa shape index (κ1) is 23.0. The van der Waals surface area contributed by atoms with Gasteiger partial charge in [-0.25, -0.2) is 27.6 Å². The fourth-order valence-electron chi connectivity index (χ4n) is 3.37. The summed E-state index contributed by atoms with van der Waals surface area (Å²) in [6, 6.07) is 11.6. The lowest BCUT2D eigenvalue weighted by Gasteiger charge is -2.13. The number of nitrogens with zero attached hydrogens (tertiary/aromatic N) is 2. The van der Waals surface area contributed by atoms with Gasteiger partial charge >= 0.3 is 6.03 Å². The van der Waals surface area contributed by atoms with Crippen molar-refractivity contribution in [2.45, 2.75) is 23.8 Å². The fourth-order valence-corrected chi connectivity index (χ4v) is 5.32. The summed E-state index contributed by atoms with van der Waals surface area (Å²) in [5, 5.41) is 6.10. The van der Waals surface area contributed by atoms with Gasteiger partial charge in [-0.2, -0.15) is 0 Å². The van der Waals surface area contributed by atoms with Crippen LogP contribution in [0.4, 0.5) is 20.0 Å². The molecule has 9 nitrogen and oxygen atoms in total. The van der Waals surface area contributed by atoms with E-state index in [1.807, 2.05) is 18.2 Å². The maximum atomic E-state index is 13.2. The molecule has 180 valence electrons. The van der Waals surface area contributed by atoms with Crippen LogP contribution in [0.25, 0.3) is 21.3 Å². The van der Waals surface area contributed by atoms with E-state index in [-0.39, 0.29) is 28.5 Å². The Hall–Kier alpha value is -3.77. The highest BCUT2D eigenvalue weighted by atomic mass is 32.2. The SMILES string of the molecule is COc1ncc(-c2ccc3nc(NC(=O)NC4CC4)sc3c2)cc1NS(=O)(=O)c1ccc(F)cc1. The Morgan fingerprint density at radius 2 is 1.89 bits per heavy atom. The van der Waals surface area contributed by atoms with Crippen molar-refractivity contribution in [1.29, 1.82) is 0 Å². The van der Waals surface area contributed by atoms with Crippen molar-refractivity contribution in [2.24, 2.45) is 0 Å². The third kappa shape index (κ3) is 5.17. The zero-order valence-corrected chi connectivity index (χ0v) is 20.0. The zero-order chi connectivity index (χ0) is 24.6. The molecule has 0 aliphatic heterocycles. The number of halogens is 1. The molecule has 2 amide bonds. The summed E-state index contributed by atoms with van der Waals surface area (Å²) in [6.07, 6.45) is 3.56. The predicted octanol–water partition coefficient (Wildman–Crippen LogP) is 4.59. The molecule has 1 aliphatic carbocycles. The lowest BCUT2D eigenvalue weighted by molar-refractivity contribution is 0.251. The van der Waals surface area contributed by atoms with Crippen LogP contribution in [0.2, 0.25) is 0 Å². The second kappa shape index (κ2) is 9.12. The van der Waals surface area contributed by atoms with Crippen LogP contribution in [-0.4, -0.2) is 37.6 Å². The number of aromatic nitrogens is 2. The lowest BCUT2D eigenvalue weighted by atomic mass is 10.1. The Labute approximate surface area is 204 Å². The highest BCUT2D eigenvalue weighted by Gasteiger charge is 2.23. The van der Waals surface area contributed by atoms with Crippen LogP contribution in [0.1, 0.15) is 12.8 Å². The minimum atomic E-state index is -4.00. The molecule has 0 spiro atoms. The second-order valence-electron chi connectivity index (χ2n) is 7.91. The number of hydrogen-bond acceptors (Lipinski definition) is 7. The molecule has 2 aromatic heterocycles. The van der Waals surface area contributed by atoms with Gasteiger partial charge in [0.2, 0.25) is 5.88 Å². The third-order valence-electron chi connectivity index (χ3n) is 5.27. The van der Waals surface area contributed by atoms with Crippen molar-refractivity contribution in [1.82, 2.24) is 15.3 Å². The van der Waals surface area contributed by atoms with E-state index in [1.54, 1.807) is 12.3 Å². The van der Waals surface area contributed by atoms with Gasteiger partial charge < -0.3 is 10.1 Å². The summed E-state index contributed by atoms with van der Waals surface area (Å²) >= 11 is 1.33. The van der Waals surface area contributed by atoms with Gasteiger partial charge in [-0.15, -0.1) is 0 Å². The van der Waals surface area contributed by atoms with Crippen molar-refractivity contribution in [3.63, 3.8) is 0 Å². The van der Waals surface area contributed by atoms with E-state index in [4.69, 9.17) is 4.74 Å². The summed E-state index contributed by atoms with van der Waals surface area (Å²) in [5.74, 6) is -0.447. The fraction of sp³-hybridized carbons (Fsp3) is 0.174. The number of anilines is 2. The molecule has 0 saturated heterocycles. The van der Waals surface area contributed by atoms with Gasteiger partial charge in [0.15, 0.2) is 5.13 Å². The number of hydrogen-bond donors (Lipinski definition) is 3. The quantitative estimate of drug-likeness (QED) is 0.332. The molecular weight excluding hydrogens is 493 g/mol. The molecule has 12 heteroatoms. The lowest BCUT2D eigenvalue weighted by Crippen LogP contribution is -2.30. The molecule has 35 heavy (non-hydrogen) atoms. The largest absolute Gasteiger partial charge is 0.480 e. The number of carbonyl (C=O) groups is 1. The molecule has 3 N–H and O–H groups in total. The first-order valence-corrected chi connectivity index (χ1v) is 12.9. The van der Waals surface area contributed by atoms with Crippen LogP contribution in [0.3, 0.4) is 0 Å². The average molecular weight is 514 g/mol. The van der Waals surface area contributed by atoms with Gasteiger partial charge in [0.25, 0.3) is 10.0 Å². The maximum absolute atomic E-state index is 13.2. The smallest absolute Gasteiger partial charge is 0.321 e. The number of sulfonamides is 1. The van der Waals surface area contributed by atoms with Gasteiger partial charge in [-0.05, 0) is 60.9 Å². The van der Waals surface area contributed by atoms with Gasteiger partial charge in [-0.3, -0.25) is 10.0 Å². The van der Waals surface area contributed by atoms with Gasteiger partial charge in [-0.1, -0.05) is 17.4 Å². The number of amides is 2. The van der Waals surface area contributed by atoms with E-state index in [9.17, 15) is 17.6 Å². The number of benzene rings is 2. The van der Waals surface area contributed by atoms with Gasteiger partial charge in [0.1, 0.15) is 11.5 Å². The Balaban J connectivity index is 1.42. The number of nitrogens with one attached hydrogen (secondary N) is 3. The Bertz CT molecular complexity index is 1520. The molecule has 5 rings (SSSR count). The molecule has 0 atom stereocenters. The molecule has 1 aliphatic rings. The summed E-state index contributed by atoms with van der Waals surface area (Å²) in [7, 11) is -2.62. The molecular formula is C23H20FN5O4S2. The highest BCUT2D eigenvalue weighted by molar-refractivity contribution is 7.92. The minimum Gasteiger partial charge on any atom is -0.480 e. The van der Waals surface area contributed by atoms with Crippen molar-refractivity contribution >= 4 is 48.4 Å². The summed E-state index contributed by atoms with van der Waals surface area (Å²) in [5.41, 5.74) is 2.27. The van der Waals surface area contributed by atoms with Crippen molar-refractivity contribution < 1.29 is 22.3 Å². The number of ether oxygens (including phenoxy) is 1. The molecule has 1 fully saturated rings. The Morgan fingerprint density at radius 1 is 1.11 bits per heavy atom. The minimum absolute atomic E-state index is 0.0893. The zero-order valence-electron chi connectivity index (χ0n) is 18.4. The monoisotopic (exact) mass is 513 g/mol. The van der Waals surface area contributed by atoms with E-state index in [1.165, 1.54) is 30.6 Å². The predicted molar refractivity (Wildman–Crippen MR) is 132 cm³/mol. The third-order valence-corrected chi connectivity index (χ3v) is 7.58. The number of pyridine rings is 1. The van der Waals surface area contributed by atoms with Gasteiger partial charge in [0.05, 0.1) is 22.2 Å². The van der Waals surface area contributed by atoms with E-state index >= 15 is 0 Å². The molecule has 4 aromatic rings. The molecule has 0 radical (unpaired) electrons. The number of carbonyl (C=O) groups excluding carboxylic acids is 1. The molecule has 0 unspecified atom stereocenters. The molecule has 2 aromatic carbocycles.